The van der Waals surface area contributed by atoms with E-state index < -0.39 is 6.10 Å². The minimum absolute atomic E-state index is 0.449. The second-order valence-corrected chi connectivity index (χ2v) is 4.54. The van der Waals surface area contributed by atoms with E-state index in [0.29, 0.717) is 26.9 Å². The fourth-order valence-electron chi connectivity index (χ4n) is 1.66. The van der Waals surface area contributed by atoms with Crippen LogP contribution in [0, 0.1) is 0 Å². The molecule has 0 amide bonds. The Morgan fingerprint density at radius 3 is 2.35 bits per heavy atom. The molecule has 2 aromatic carbocycles. The molecule has 17 heavy (non-hydrogen) atoms. The first-order valence-corrected chi connectivity index (χ1v) is 5.82. The average Bonchev–Trinajstić information content (AvgIpc) is 2.29. The Morgan fingerprint density at radius 1 is 1.00 bits per heavy atom. The summed E-state index contributed by atoms with van der Waals surface area (Å²) in [7, 11) is 0. The summed E-state index contributed by atoms with van der Waals surface area (Å²) in [6.07, 6.45) is -0.846. The molecule has 2 rings (SSSR count). The molecule has 2 nitrogen and oxygen atoms in total. The predicted molar refractivity (Wildman–Crippen MR) is 71.4 cm³/mol. The maximum absolute atomic E-state index is 10.2. The molecule has 0 heterocycles. The van der Waals surface area contributed by atoms with Gasteiger partial charge in [-0.25, -0.2) is 0 Å². The van der Waals surface area contributed by atoms with Gasteiger partial charge < -0.3 is 10.8 Å². The predicted octanol–water partition coefficient (Wildman–Crippen LogP) is 3.66. The molecule has 1 atom stereocenters. The molecule has 0 aliphatic rings. The van der Waals surface area contributed by atoms with Gasteiger partial charge in [-0.2, -0.15) is 0 Å². The quantitative estimate of drug-likeness (QED) is 0.816. The largest absolute Gasteiger partial charge is 0.398 e. The Kier molecular flexibility index (Phi) is 3.57. The smallest absolute Gasteiger partial charge is 0.107 e. The normalized spacial score (nSPS) is 12.4. The molecule has 3 N–H and O–H groups in total. The first kappa shape index (κ1) is 12.2. The SMILES string of the molecule is Nc1cc(Cl)ccc1C(O)c1ccccc1Cl. The number of nitrogens with two attached hydrogens (primary N) is 1. The maximum Gasteiger partial charge on any atom is 0.107 e. The summed E-state index contributed by atoms with van der Waals surface area (Å²) in [6, 6.07) is 12.1. The summed E-state index contributed by atoms with van der Waals surface area (Å²) >= 11 is 11.8. The van der Waals surface area contributed by atoms with E-state index in [-0.39, 0.29) is 0 Å². The van der Waals surface area contributed by atoms with Crippen LogP contribution in [0.2, 0.25) is 10.0 Å². The zero-order chi connectivity index (χ0) is 12.4. The molecule has 88 valence electrons. The first-order chi connectivity index (χ1) is 8.09. The Hall–Kier alpha value is -1.22. The lowest BCUT2D eigenvalue weighted by Crippen LogP contribution is -2.04. The van der Waals surface area contributed by atoms with Crippen LogP contribution in [-0.2, 0) is 0 Å². The number of aliphatic hydroxyl groups excluding tert-OH is 1. The van der Waals surface area contributed by atoms with E-state index >= 15 is 0 Å². The van der Waals surface area contributed by atoms with Gasteiger partial charge in [-0.1, -0.05) is 47.5 Å². The zero-order valence-electron chi connectivity index (χ0n) is 8.90. The summed E-state index contributed by atoms with van der Waals surface area (Å²) in [5, 5.41) is 11.3. The summed E-state index contributed by atoms with van der Waals surface area (Å²) in [6.45, 7) is 0. The van der Waals surface area contributed by atoms with Crippen molar-refractivity contribution in [3.63, 3.8) is 0 Å². The molecule has 2 aromatic rings. The molecular weight excluding hydrogens is 257 g/mol. The molecule has 0 aliphatic carbocycles. The van der Waals surface area contributed by atoms with Gasteiger partial charge in [-0.05, 0) is 18.2 Å². The van der Waals surface area contributed by atoms with Gasteiger partial charge in [-0.3, -0.25) is 0 Å². The van der Waals surface area contributed by atoms with E-state index in [1.807, 2.05) is 12.1 Å². The van der Waals surface area contributed by atoms with Gasteiger partial charge in [0.25, 0.3) is 0 Å². The van der Waals surface area contributed by atoms with E-state index in [9.17, 15) is 5.11 Å². The Balaban J connectivity index is 2.44. The fourth-order valence-corrected chi connectivity index (χ4v) is 2.08. The summed E-state index contributed by atoms with van der Waals surface area (Å²) < 4.78 is 0. The highest BCUT2D eigenvalue weighted by Crippen LogP contribution is 2.32. The highest BCUT2D eigenvalue weighted by atomic mass is 35.5. The van der Waals surface area contributed by atoms with Crippen molar-refractivity contribution in [2.75, 3.05) is 5.73 Å². The second-order valence-electron chi connectivity index (χ2n) is 3.70. The van der Waals surface area contributed by atoms with Crippen molar-refractivity contribution in [1.29, 1.82) is 0 Å². The van der Waals surface area contributed by atoms with Crippen LogP contribution in [-0.4, -0.2) is 5.11 Å². The number of rotatable bonds is 2. The number of anilines is 1. The molecule has 0 aromatic heterocycles. The number of hydrogen-bond donors (Lipinski definition) is 2. The molecule has 0 spiro atoms. The van der Waals surface area contributed by atoms with E-state index in [1.165, 1.54) is 0 Å². The van der Waals surface area contributed by atoms with Crippen LogP contribution in [0.5, 0.6) is 0 Å². The minimum atomic E-state index is -0.846. The lowest BCUT2D eigenvalue weighted by Gasteiger charge is -2.15. The summed E-state index contributed by atoms with van der Waals surface area (Å²) in [5.74, 6) is 0. The number of nitrogen functional groups attached to an aromatic ring is 1. The second kappa shape index (κ2) is 4.96. The van der Waals surface area contributed by atoms with Crippen molar-refractivity contribution in [3.8, 4) is 0 Å². The standard InChI is InChI=1S/C13H11Cl2NO/c14-8-5-6-10(12(16)7-8)13(17)9-3-1-2-4-11(9)15/h1-7,13,17H,16H2. The van der Waals surface area contributed by atoms with Crippen LogP contribution >= 0.6 is 23.2 Å². The van der Waals surface area contributed by atoms with Crippen LogP contribution < -0.4 is 5.73 Å². The van der Waals surface area contributed by atoms with Gasteiger partial charge in [0.05, 0.1) is 0 Å². The highest BCUT2D eigenvalue weighted by Gasteiger charge is 2.15. The lowest BCUT2D eigenvalue weighted by atomic mass is 10.00. The summed E-state index contributed by atoms with van der Waals surface area (Å²) in [4.78, 5) is 0. The van der Waals surface area contributed by atoms with Gasteiger partial charge in [0.1, 0.15) is 6.10 Å². The average molecular weight is 268 g/mol. The Labute approximate surface area is 110 Å². The van der Waals surface area contributed by atoms with Crippen LogP contribution in [0.3, 0.4) is 0 Å². The Morgan fingerprint density at radius 2 is 1.71 bits per heavy atom. The molecule has 1 unspecified atom stereocenters. The number of aliphatic hydroxyl groups is 1. The third-order valence-corrected chi connectivity index (χ3v) is 3.12. The third kappa shape index (κ3) is 2.55. The van der Waals surface area contributed by atoms with Crippen LogP contribution in [0.1, 0.15) is 17.2 Å². The summed E-state index contributed by atoms with van der Waals surface area (Å²) in [5.41, 5.74) is 7.50. The number of hydrogen-bond acceptors (Lipinski definition) is 2. The van der Waals surface area contributed by atoms with Gasteiger partial charge in [0.2, 0.25) is 0 Å². The fraction of sp³-hybridized carbons (Fsp3) is 0.0769. The van der Waals surface area contributed by atoms with Gasteiger partial charge in [-0.15, -0.1) is 0 Å². The van der Waals surface area contributed by atoms with E-state index in [0.717, 1.165) is 0 Å². The molecule has 0 radical (unpaired) electrons. The lowest BCUT2D eigenvalue weighted by molar-refractivity contribution is 0.221. The van der Waals surface area contributed by atoms with E-state index in [2.05, 4.69) is 0 Å². The van der Waals surface area contributed by atoms with Crippen molar-refractivity contribution in [2.45, 2.75) is 6.10 Å². The van der Waals surface area contributed by atoms with E-state index in [4.69, 9.17) is 28.9 Å². The monoisotopic (exact) mass is 267 g/mol. The molecule has 0 bridgehead atoms. The van der Waals surface area contributed by atoms with Crippen molar-refractivity contribution in [3.05, 3.63) is 63.6 Å². The zero-order valence-corrected chi connectivity index (χ0v) is 10.4. The van der Waals surface area contributed by atoms with Gasteiger partial charge >= 0.3 is 0 Å². The van der Waals surface area contributed by atoms with Crippen molar-refractivity contribution in [2.24, 2.45) is 0 Å². The van der Waals surface area contributed by atoms with Crippen LogP contribution in [0.15, 0.2) is 42.5 Å². The highest BCUT2D eigenvalue weighted by molar-refractivity contribution is 6.31. The molecule has 4 heteroatoms. The first-order valence-electron chi connectivity index (χ1n) is 5.07. The van der Waals surface area contributed by atoms with Gasteiger partial charge in [0.15, 0.2) is 0 Å². The minimum Gasteiger partial charge on any atom is -0.398 e. The Bertz CT molecular complexity index is 543. The number of benzene rings is 2. The molecule has 0 fully saturated rings. The van der Waals surface area contributed by atoms with Gasteiger partial charge in [0, 0.05) is 26.9 Å². The molecule has 0 saturated carbocycles. The topological polar surface area (TPSA) is 46.2 Å². The third-order valence-electron chi connectivity index (χ3n) is 2.54. The molecule has 0 saturated heterocycles. The van der Waals surface area contributed by atoms with Crippen molar-refractivity contribution in [1.82, 2.24) is 0 Å². The molecular formula is C13H11Cl2NO. The van der Waals surface area contributed by atoms with Crippen molar-refractivity contribution >= 4 is 28.9 Å². The maximum atomic E-state index is 10.2. The van der Waals surface area contributed by atoms with E-state index in [1.54, 1.807) is 30.3 Å². The molecule has 0 aliphatic heterocycles. The van der Waals surface area contributed by atoms with Crippen molar-refractivity contribution < 1.29 is 5.11 Å². The van der Waals surface area contributed by atoms with Crippen LogP contribution in [0.4, 0.5) is 5.69 Å². The number of halogens is 2. The van der Waals surface area contributed by atoms with Crippen LogP contribution in [0.25, 0.3) is 0 Å².